The molecule has 1 N–H and O–H groups in total. The van der Waals surface area contributed by atoms with E-state index < -0.39 is 18.1 Å². The Morgan fingerprint density at radius 3 is 2.20 bits per heavy atom. The Bertz CT molecular complexity index is 717. The summed E-state index contributed by atoms with van der Waals surface area (Å²) in [5.74, 6) is -0.861. The molecule has 2 aromatic rings. The number of nitrogens with zero attached hydrogens (tertiary/aromatic N) is 1. The fourth-order valence-corrected chi connectivity index (χ4v) is 3.26. The number of hydrogen-bond donors (Lipinski definition) is 1. The number of carboxylic acids is 1. The summed E-state index contributed by atoms with van der Waals surface area (Å²) in [7, 11) is 0. The van der Waals surface area contributed by atoms with E-state index >= 15 is 0 Å². The number of benzene rings is 2. The first-order valence-electron chi connectivity index (χ1n) is 8.37. The van der Waals surface area contributed by atoms with Gasteiger partial charge in [-0.05, 0) is 29.9 Å². The summed E-state index contributed by atoms with van der Waals surface area (Å²) >= 11 is 0. The summed E-state index contributed by atoms with van der Waals surface area (Å²) in [5, 5.41) is 9.45. The molecule has 5 nitrogen and oxygen atoms in total. The molecule has 0 aliphatic carbocycles. The van der Waals surface area contributed by atoms with Crippen LogP contribution in [0.15, 0.2) is 60.7 Å². The normalized spacial score (nSPS) is 19.6. The molecule has 1 saturated heterocycles. The van der Waals surface area contributed by atoms with Gasteiger partial charge in [0.15, 0.2) is 0 Å². The largest absolute Gasteiger partial charge is 0.480 e. The van der Waals surface area contributed by atoms with Crippen LogP contribution in [0.4, 0.5) is 4.79 Å². The van der Waals surface area contributed by atoms with Gasteiger partial charge in [-0.2, -0.15) is 0 Å². The van der Waals surface area contributed by atoms with Crippen molar-refractivity contribution in [1.82, 2.24) is 4.90 Å². The fourth-order valence-electron chi connectivity index (χ4n) is 3.26. The van der Waals surface area contributed by atoms with Crippen molar-refractivity contribution in [1.29, 1.82) is 0 Å². The van der Waals surface area contributed by atoms with Crippen LogP contribution in [-0.2, 0) is 22.6 Å². The van der Waals surface area contributed by atoms with Crippen molar-refractivity contribution in [2.75, 3.05) is 6.54 Å². The van der Waals surface area contributed by atoms with E-state index in [-0.39, 0.29) is 12.5 Å². The molecule has 1 aliphatic rings. The summed E-state index contributed by atoms with van der Waals surface area (Å²) in [5.41, 5.74) is 2.03. The van der Waals surface area contributed by atoms with Gasteiger partial charge in [-0.25, -0.2) is 9.59 Å². The number of carboxylic acid groups (broad SMARTS) is 1. The van der Waals surface area contributed by atoms with Crippen molar-refractivity contribution in [3.05, 3.63) is 71.8 Å². The number of rotatable bonds is 5. The molecule has 1 heterocycles. The minimum atomic E-state index is -0.979. The Hall–Kier alpha value is -2.82. The Labute approximate surface area is 146 Å². The molecule has 130 valence electrons. The Kier molecular flexibility index (Phi) is 5.33. The van der Waals surface area contributed by atoms with Crippen molar-refractivity contribution in [2.45, 2.75) is 25.5 Å². The molecule has 0 aromatic heterocycles. The van der Waals surface area contributed by atoms with Crippen LogP contribution in [0.5, 0.6) is 0 Å². The predicted octanol–water partition coefficient (Wildman–Crippen LogP) is 3.34. The van der Waals surface area contributed by atoms with Crippen LogP contribution in [0.25, 0.3) is 0 Å². The quantitative estimate of drug-likeness (QED) is 0.907. The number of ether oxygens (including phenoxy) is 1. The second-order valence-corrected chi connectivity index (χ2v) is 6.34. The van der Waals surface area contributed by atoms with Gasteiger partial charge in [0.05, 0.1) is 0 Å². The van der Waals surface area contributed by atoms with E-state index in [1.165, 1.54) is 4.90 Å². The van der Waals surface area contributed by atoms with Gasteiger partial charge < -0.3 is 9.84 Å². The minimum absolute atomic E-state index is 0.118. The molecule has 2 atom stereocenters. The maximum Gasteiger partial charge on any atom is 0.410 e. The van der Waals surface area contributed by atoms with Gasteiger partial charge in [0.1, 0.15) is 12.6 Å². The Morgan fingerprint density at radius 1 is 1.00 bits per heavy atom. The van der Waals surface area contributed by atoms with Gasteiger partial charge in [-0.1, -0.05) is 60.7 Å². The Balaban J connectivity index is 1.62. The fraction of sp³-hybridized carbons (Fsp3) is 0.300. The predicted molar refractivity (Wildman–Crippen MR) is 93.0 cm³/mol. The SMILES string of the molecule is O=C(O)[C@H]1CC(Cc2ccccc2)CN1C(=O)OCc1ccccc1. The third-order valence-electron chi connectivity index (χ3n) is 4.48. The zero-order valence-corrected chi connectivity index (χ0v) is 13.9. The number of likely N-dealkylation sites (tertiary alicyclic amines) is 1. The lowest BCUT2D eigenvalue weighted by Gasteiger charge is -2.21. The average molecular weight is 339 g/mol. The number of aliphatic carboxylic acids is 1. The Morgan fingerprint density at radius 2 is 1.60 bits per heavy atom. The molecule has 2 aromatic carbocycles. The van der Waals surface area contributed by atoms with Gasteiger partial charge in [-0.15, -0.1) is 0 Å². The standard InChI is InChI=1S/C20H21NO4/c22-19(23)18-12-17(11-15-7-3-1-4-8-15)13-21(18)20(24)25-14-16-9-5-2-6-10-16/h1-10,17-18H,11-14H2,(H,22,23)/t17?,18-/m1/s1. The number of carbonyl (C=O) groups is 2. The van der Waals surface area contributed by atoms with Crippen LogP contribution >= 0.6 is 0 Å². The summed E-state index contributed by atoms with van der Waals surface area (Å²) in [6.45, 7) is 0.547. The first kappa shape index (κ1) is 17.0. The lowest BCUT2D eigenvalue weighted by Crippen LogP contribution is -2.40. The zero-order chi connectivity index (χ0) is 17.6. The van der Waals surface area contributed by atoms with E-state index in [2.05, 4.69) is 0 Å². The van der Waals surface area contributed by atoms with E-state index in [1.54, 1.807) is 0 Å². The molecule has 0 bridgehead atoms. The molecule has 1 amide bonds. The van der Waals surface area contributed by atoms with Crippen molar-refractivity contribution in [3.63, 3.8) is 0 Å². The molecule has 1 aliphatic heterocycles. The van der Waals surface area contributed by atoms with Crippen molar-refractivity contribution >= 4 is 12.1 Å². The van der Waals surface area contributed by atoms with Crippen LogP contribution < -0.4 is 0 Å². The zero-order valence-electron chi connectivity index (χ0n) is 13.9. The highest BCUT2D eigenvalue weighted by molar-refractivity contribution is 5.80. The van der Waals surface area contributed by atoms with Crippen LogP contribution in [0.1, 0.15) is 17.5 Å². The van der Waals surface area contributed by atoms with Gasteiger partial charge in [0.2, 0.25) is 0 Å². The first-order chi connectivity index (χ1) is 12.1. The van der Waals surface area contributed by atoms with Crippen molar-refractivity contribution in [3.8, 4) is 0 Å². The summed E-state index contributed by atoms with van der Waals surface area (Å²) in [6.07, 6.45) is 0.643. The third-order valence-corrected chi connectivity index (χ3v) is 4.48. The van der Waals surface area contributed by atoms with Crippen LogP contribution in [0, 0.1) is 5.92 Å². The highest BCUT2D eigenvalue weighted by Crippen LogP contribution is 2.27. The first-order valence-corrected chi connectivity index (χ1v) is 8.37. The highest BCUT2D eigenvalue weighted by Gasteiger charge is 2.40. The van der Waals surface area contributed by atoms with Crippen LogP contribution in [0.2, 0.25) is 0 Å². The van der Waals surface area contributed by atoms with E-state index in [0.717, 1.165) is 17.5 Å². The van der Waals surface area contributed by atoms with Crippen molar-refractivity contribution in [2.24, 2.45) is 5.92 Å². The van der Waals surface area contributed by atoms with E-state index in [0.29, 0.717) is 13.0 Å². The molecule has 5 heteroatoms. The molecule has 0 radical (unpaired) electrons. The van der Waals surface area contributed by atoms with Gasteiger partial charge in [-0.3, -0.25) is 4.90 Å². The molecular formula is C20H21NO4. The number of amides is 1. The summed E-state index contributed by atoms with van der Waals surface area (Å²) in [6, 6.07) is 18.5. The average Bonchev–Trinajstić information content (AvgIpc) is 3.06. The summed E-state index contributed by atoms with van der Waals surface area (Å²) < 4.78 is 5.31. The maximum atomic E-state index is 12.4. The molecule has 3 rings (SSSR count). The number of hydrogen-bond acceptors (Lipinski definition) is 3. The third kappa shape index (κ3) is 4.38. The lowest BCUT2D eigenvalue weighted by atomic mass is 9.97. The maximum absolute atomic E-state index is 12.4. The second kappa shape index (κ2) is 7.83. The highest BCUT2D eigenvalue weighted by atomic mass is 16.6. The van der Waals surface area contributed by atoms with E-state index in [4.69, 9.17) is 4.74 Å². The molecular weight excluding hydrogens is 318 g/mol. The van der Waals surface area contributed by atoms with Crippen LogP contribution in [0.3, 0.4) is 0 Å². The van der Waals surface area contributed by atoms with E-state index in [9.17, 15) is 14.7 Å². The monoisotopic (exact) mass is 339 g/mol. The molecule has 25 heavy (non-hydrogen) atoms. The van der Waals surface area contributed by atoms with Gasteiger partial charge >= 0.3 is 12.1 Å². The second-order valence-electron chi connectivity index (χ2n) is 6.34. The molecule has 0 saturated carbocycles. The lowest BCUT2D eigenvalue weighted by molar-refractivity contribution is -0.141. The molecule has 0 spiro atoms. The summed E-state index contributed by atoms with van der Waals surface area (Å²) in [4.78, 5) is 25.3. The van der Waals surface area contributed by atoms with Gasteiger partial charge in [0, 0.05) is 6.54 Å². The van der Waals surface area contributed by atoms with Crippen molar-refractivity contribution < 1.29 is 19.4 Å². The number of carbonyl (C=O) groups excluding carboxylic acids is 1. The van der Waals surface area contributed by atoms with E-state index in [1.807, 2.05) is 60.7 Å². The topological polar surface area (TPSA) is 66.8 Å². The molecule has 1 fully saturated rings. The smallest absolute Gasteiger partial charge is 0.410 e. The molecule has 1 unspecified atom stereocenters. The minimum Gasteiger partial charge on any atom is -0.480 e. The van der Waals surface area contributed by atoms with Crippen LogP contribution in [-0.4, -0.2) is 34.7 Å². The van der Waals surface area contributed by atoms with Gasteiger partial charge in [0.25, 0.3) is 0 Å².